The van der Waals surface area contributed by atoms with Crippen molar-refractivity contribution in [3.8, 4) is 0 Å². The van der Waals surface area contributed by atoms with Crippen LogP contribution in [0, 0.1) is 5.92 Å². The second kappa shape index (κ2) is 9.64. The summed E-state index contributed by atoms with van der Waals surface area (Å²) in [5.74, 6) is -0.000819. The summed E-state index contributed by atoms with van der Waals surface area (Å²) < 4.78 is 5.44. The number of piperidine rings is 1. The van der Waals surface area contributed by atoms with E-state index in [1.165, 1.54) is 0 Å². The summed E-state index contributed by atoms with van der Waals surface area (Å²) in [7, 11) is 0. The highest BCUT2D eigenvalue weighted by molar-refractivity contribution is 5.89. The molecule has 0 unspecified atom stereocenters. The largest absolute Gasteiger partial charge is 0.379 e. The van der Waals surface area contributed by atoms with Gasteiger partial charge in [0.2, 0.25) is 17.7 Å². The minimum Gasteiger partial charge on any atom is -0.379 e. The van der Waals surface area contributed by atoms with E-state index in [0.717, 1.165) is 45.7 Å². The van der Waals surface area contributed by atoms with Crippen LogP contribution in [-0.2, 0) is 19.1 Å². The maximum atomic E-state index is 13.6. The molecule has 0 saturated carbocycles. The highest BCUT2D eigenvalue weighted by Gasteiger charge is 2.42. The molecule has 0 aliphatic carbocycles. The van der Waals surface area contributed by atoms with E-state index in [4.69, 9.17) is 4.74 Å². The van der Waals surface area contributed by atoms with Crippen molar-refractivity contribution in [1.82, 2.24) is 19.6 Å². The maximum absolute atomic E-state index is 13.6. The van der Waals surface area contributed by atoms with Gasteiger partial charge in [-0.05, 0) is 33.6 Å². The molecule has 8 nitrogen and oxygen atoms in total. The molecule has 0 bridgehead atoms. The number of hydrogen-bond acceptors (Lipinski definition) is 5. The maximum Gasteiger partial charge on any atom is 0.228 e. The van der Waals surface area contributed by atoms with Crippen molar-refractivity contribution in [2.75, 3.05) is 59.0 Å². The standard InChI is InChI=1S/C22H38N4O4/c1-17(27)24-7-5-19(6-8-24)25(10-9-23-11-13-30-14-12-23)21(29)18-15-20(28)26(16-18)22(2,3)4/h18-19H,5-16H2,1-4H3/t18-/m0/s1. The van der Waals surface area contributed by atoms with E-state index in [1.54, 1.807) is 6.92 Å². The van der Waals surface area contributed by atoms with Gasteiger partial charge >= 0.3 is 0 Å². The number of morpholine rings is 1. The van der Waals surface area contributed by atoms with Gasteiger partial charge in [0.25, 0.3) is 0 Å². The smallest absolute Gasteiger partial charge is 0.228 e. The minimum absolute atomic E-state index is 0.0698. The number of likely N-dealkylation sites (tertiary alicyclic amines) is 2. The number of rotatable bonds is 5. The third-order valence-electron chi connectivity index (χ3n) is 6.68. The fourth-order valence-electron chi connectivity index (χ4n) is 4.79. The molecule has 0 aromatic heterocycles. The van der Waals surface area contributed by atoms with Crippen molar-refractivity contribution in [3.63, 3.8) is 0 Å². The molecule has 3 aliphatic rings. The molecule has 0 aromatic carbocycles. The summed E-state index contributed by atoms with van der Waals surface area (Å²) in [6.07, 6.45) is 1.91. The Labute approximate surface area is 180 Å². The van der Waals surface area contributed by atoms with Gasteiger partial charge in [0, 0.05) is 70.7 Å². The molecule has 3 fully saturated rings. The van der Waals surface area contributed by atoms with Gasteiger partial charge in [-0.3, -0.25) is 19.3 Å². The van der Waals surface area contributed by atoms with Crippen molar-refractivity contribution in [3.05, 3.63) is 0 Å². The van der Waals surface area contributed by atoms with Gasteiger partial charge in [-0.1, -0.05) is 0 Å². The Balaban J connectivity index is 1.67. The van der Waals surface area contributed by atoms with Crippen LogP contribution in [0.25, 0.3) is 0 Å². The Hall–Kier alpha value is -1.67. The van der Waals surface area contributed by atoms with Crippen LogP contribution in [-0.4, -0.2) is 108 Å². The lowest BCUT2D eigenvalue weighted by Gasteiger charge is -2.40. The van der Waals surface area contributed by atoms with E-state index in [9.17, 15) is 14.4 Å². The number of carbonyl (C=O) groups excluding carboxylic acids is 3. The molecule has 3 heterocycles. The van der Waals surface area contributed by atoms with Crippen LogP contribution in [0.3, 0.4) is 0 Å². The van der Waals surface area contributed by atoms with E-state index in [0.29, 0.717) is 32.6 Å². The second-order valence-electron chi connectivity index (χ2n) is 9.80. The Morgan fingerprint density at radius 2 is 1.73 bits per heavy atom. The van der Waals surface area contributed by atoms with Crippen LogP contribution in [0.4, 0.5) is 0 Å². The molecule has 3 aliphatic heterocycles. The monoisotopic (exact) mass is 422 g/mol. The van der Waals surface area contributed by atoms with Crippen molar-refractivity contribution >= 4 is 17.7 Å². The number of amides is 3. The van der Waals surface area contributed by atoms with Gasteiger partial charge in [0.1, 0.15) is 0 Å². The zero-order valence-electron chi connectivity index (χ0n) is 19.1. The fourth-order valence-corrected chi connectivity index (χ4v) is 4.79. The average Bonchev–Trinajstić information content (AvgIpc) is 3.11. The first kappa shape index (κ1) is 23.0. The molecule has 0 radical (unpaired) electrons. The van der Waals surface area contributed by atoms with Crippen LogP contribution in [0.1, 0.15) is 47.0 Å². The molecular formula is C22H38N4O4. The van der Waals surface area contributed by atoms with Crippen molar-refractivity contribution in [2.24, 2.45) is 5.92 Å². The zero-order valence-corrected chi connectivity index (χ0v) is 19.1. The Kier molecular flexibility index (Phi) is 7.39. The van der Waals surface area contributed by atoms with Crippen molar-refractivity contribution in [2.45, 2.75) is 58.5 Å². The van der Waals surface area contributed by atoms with Gasteiger partial charge in [0.15, 0.2) is 0 Å². The summed E-state index contributed by atoms with van der Waals surface area (Å²) in [5, 5.41) is 0. The first-order valence-corrected chi connectivity index (χ1v) is 11.3. The van der Waals surface area contributed by atoms with Gasteiger partial charge in [0.05, 0.1) is 19.1 Å². The van der Waals surface area contributed by atoms with Crippen molar-refractivity contribution < 1.29 is 19.1 Å². The molecule has 1 atom stereocenters. The Bertz CT molecular complexity index is 634. The molecular weight excluding hydrogens is 384 g/mol. The predicted octanol–water partition coefficient (Wildman–Crippen LogP) is 0.805. The SMILES string of the molecule is CC(=O)N1CCC(N(CCN2CCOCC2)C(=O)[C@H]2CC(=O)N(C(C)(C)C)C2)CC1. The number of carbonyl (C=O) groups is 3. The molecule has 8 heteroatoms. The first-order valence-electron chi connectivity index (χ1n) is 11.3. The lowest BCUT2D eigenvalue weighted by molar-refractivity contribution is -0.140. The summed E-state index contributed by atoms with van der Waals surface area (Å²) in [4.78, 5) is 45.9. The predicted molar refractivity (Wildman–Crippen MR) is 114 cm³/mol. The summed E-state index contributed by atoms with van der Waals surface area (Å²) in [5.41, 5.74) is -0.266. The normalized spacial score (nSPS) is 24.4. The van der Waals surface area contributed by atoms with Crippen LogP contribution in [0.2, 0.25) is 0 Å². The lowest BCUT2D eigenvalue weighted by Crippen LogP contribution is -2.53. The summed E-state index contributed by atoms with van der Waals surface area (Å²) in [6.45, 7) is 14.3. The molecule has 3 saturated heterocycles. The van der Waals surface area contributed by atoms with Crippen LogP contribution < -0.4 is 0 Å². The Morgan fingerprint density at radius 3 is 2.27 bits per heavy atom. The molecule has 0 N–H and O–H groups in total. The highest BCUT2D eigenvalue weighted by Crippen LogP contribution is 2.29. The molecule has 170 valence electrons. The third kappa shape index (κ3) is 5.52. The van der Waals surface area contributed by atoms with Gasteiger partial charge in [-0.2, -0.15) is 0 Å². The van der Waals surface area contributed by atoms with Gasteiger partial charge < -0.3 is 19.4 Å². The minimum atomic E-state index is -0.271. The Morgan fingerprint density at radius 1 is 1.10 bits per heavy atom. The topological polar surface area (TPSA) is 73.4 Å². The average molecular weight is 423 g/mol. The van der Waals surface area contributed by atoms with Crippen LogP contribution in [0.15, 0.2) is 0 Å². The van der Waals surface area contributed by atoms with E-state index in [1.807, 2.05) is 35.5 Å². The fraction of sp³-hybridized carbons (Fsp3) is 0.864. The van der Waals surface area contributed by atoms with E-state index in [2.05, 4.69) is 4.90 Å². The third-order valence-corrected chi connectivity index (χ3v) is 6.68. The summed E-state index contributed by atoms with van der Waals surface area (Å²) >= 11 is 0. The second-order valence-corrected chi connectivity index (χ2v) is 9.80. The molecule has 30 heavy (non-hydrogen) atoms. The molecule has 0 aromatic rings. The first-order chi connectivity index (χ1) is 14.2. The van der Waals surface area contributed by atoms with Gasteiger partial charge in [-0.15, -0.1) is 0 Å². The number of nitrogens with zero attached hydrogens (tertiary/aromatic N) is 4. The van der Waals surface area contributed by atoms with E-state index < -0.39 is 0 Å². The summed E-state index contributed by atoms with van der Waals surface area (Å²) in [6, 6.07) is 0.132. The lowest BCUT2D eigenvalue weighted by atomic mass is 9.99. The van der Waals surface area contributed by atoms with Gasteiger partial charge in [-0.25, -0.2) is 0 Å². The number of hydrogen-bond donors (Lipinski definition) is 0. The highest BCUT2D eigenvalue weighted by atomic mass is 16.5. The van der Waals surface area contributed by atoms with Crippen LogP contribution in [0.5, 0.6) is 0 Å². The molecule has 0 spiro atoms. The van der Waals surface area contributed by atoms with E-state index >= 15 is 0 Å². The quantitative estimate of drug-likeness (QED) is 0.655. The molecule has 3 rings (SSSR count). The van der Waals surface area contributed by atoms with Crippen LogP contribution >= 0.6 is 0 Å². The number of ether oxygens (including phenoxy) is 1. The van der Waals surface area contributed by atoms with E-state index in [-0.39, 0.29) is 35.2 Å². The van der Waals surface area contributed by atoms with Crippen molar-refractivity contribution in [1.29, 1.82) is 0 Å². The zero-order chi connectivity index (χ0) is 21.9. The molecule has 3 amide bonds.